The minimum absolute atomic E-state index is 0.0734. The molecular formula is C18H16N2O3S2. The first kappa shape index (κ1) is 17.4. The predicted octanol–water partition coefficient (Wildman–Crippen LogP) is 4.20. The minimum atomic E-state index is -0.390. The third-order valence-electron chi connectivity index (χ3n) is 3.40. The van der Waals surface area contributed by atoms with Crippen molar-refractivity contribution in [1.29, 1.82) is 0 Å². The molecule has 0 atom stereocenters. The van der Waals surface area contributed by atoms with Crippen LogP contribution in [0.25, 0.3) is 10.2 Å². The van der Waals surface area contributed by atoms with Crippen LogP contribution in [-0.2, 0) is 9.53 Å². The number of rotatable bonds is 6. The molecule has 2 aromatic carbocycles. The van der Waals surface area contributed by atoms with E-state index in [0.717, 1.165) is 15.1 Å². The van der Waals surface area contributed by atoms with Gasteiger partial charge in [-0.15, -0.1) is 11.8 Å². The molecule has 25 heavy (non-hydrogen) atoms. The number of carbonyl (C=O) groups excluding carboxylic acids is 2. The normalized spacial score (nSPS) is 10.6. The standard InChI is InChI=1S/C18H16N2O3S2/c1-23-17(22)12-7-8-14-15(11-12)25-18(19-14)20-16(21)9-10-24-13-5-3-2-4-6-13/h2-8,11H,9-10H2,1H3,(H,19,20,21). The molecular weight excluding hydrogens is 356 g/mol. The number of esters is 1. The lowest BCUT2D eigenvalue weighted by Crippen LogP contribution is -2.11. The number of hydrogen-bond donors (Lipinski definition) is 1. The Morgan fingerprint density at radius 3 is 2.76 bits per heavy atom. The maximum absolute atomic E-state index is 12.1. The van der Waals surface area contributed by atoms with E-state index in [1.165, 1.54) is 18.4 Å². The molecule has 0 radical (unpaired) electrons. The molecule has 0 unspecified atom stereocenters. The number of thioether (sulfide) groups is 1. The Morgan fingerprint density at radius 2 is 2.00 bits per heavy atom. The van der Waals surface area contributed by atoms with Gasteiger partial charge in [0.15, 0.2) is 5.13 Å². The summed E-state index contributed by atoms with van der Waals surface area (Å²) in [6.45, 7) is 0. The highest BCUT2D eigenvalue weighted by molar-refractivity contribution is 7.99. The summed E-state index contributed by atoms with van der Waals surface area (Å²) in [6.07, 6.45) is 0.406. The van der Waals surface area contributed by atoms with Gasteiger partial charge in [0.25, 0.3) is 0 Å². The van der Waals surface area contributed by atoms with Crippen LogP contribution >= 0.6 is 23.1 Å². The second kappa shape index (κ2) is 8.13. The molecule has 1 N–H and O–H groups in total. The SMILES string of the molecule is COC(=O)c1ccc2nc(NC(=O)CCSc3ccccc3)sc2c1. The first-order chi connectivity index (χ1) is 12.2. The van der Waals surface area contributed by atoms with Crippen molar-refractivity contribution >= 4 is 50.3 Å². The Hall–Kier alpha value is -2.38. The number of anilines is 1. The topological polar surface area (TPSA) is 68.3 Å². The average molecular weight is 372 g/mol. The number of nitrogens with zero attached hydrogens (tertiary/aromatic N) is 1. The smallest absolute Gasteiger partial charge is 0.337 e. The van der Waals surface area contributed by atoms with Gasteiger partial charge in [-0.2, -0.15) is 0 Å². The van der Waals surface area contributed by atoms with Crippen molar-refractivity contribution in [2.75, 3.05) is 18.2 Å². The summed E-state index contributed by atoms with van der Waals surface area (Å²) in [5.41, 5.74) is 1.21. The number of hydrogen-bond acceptors (Lipinski definition) is 6. The lowest BCUT2D eigenvalue weighted by molar-refractivity contribution is -0.115. The van der Waals surface area contributed by atoms with E-state index in [9.17, 15) is 9.59 Å². The summed E-state index contributed by atoms with van der Waals surface area (Å²) in [5, 5.41) is 3.35. The third kappa shape index (κ3) is 4.58. The molecule has 128 valence electrons. The van der Waals surface area contributed by atoms with E-state index in [0.29, 0.717) is 22.9 Å². The van der Waals surface area contributed by atoms with Gasteiger partial charge in [-0.25, -0.2) is 9.78 Å². The average Bonchev–Trinajstić information content (AvgIpc) is 3.03. The first-order valence-electron chi connectivity index (χ1n) is 7.62. The maximum Gasteiger partial charge on any atom is 0.337 e. The van der Waals surface area contributed by atoms with Crippen molar-refractivity contribution in [3.8, 4) is 0 Å². The van der Waals surface area contributed by atoms with Gasteiger partial charge < -0.3 is 10.1 Å². The minimum Gasteiger partial charge on any atom is -0.465 e. The van der Waals surface area contributed by atoms with E-state index in [1.54, 1.807) is 30.0 Å². The number of nitrogens with one attached hydrogen (secondary N) is 1. The van der Waals surface area contributed by atoms with Crippen LogP contribution in [0.15, 0.2) is 53.4 Å². The van der Waals surface area contributed by atoms with Crippen LogP contribution in [0.3, 0.4) is 0 Å². The monoisotopic (exact) mass is 372 g/mol. The van der Waals surface area contributed by atoms with Crippen molar-refractivity contribution in [2.24, 2.45) is 0 Å². The molecule has 0 bridgehead atoms. The fourth-order valence-corrected chi connectivity index (χ4v) is 3.98. The Labute approximate surface area is 153 Å². The molecule has 1 amide bonds. The van der Waals surface area contributed by atoms with Crippen molar-refractivity contribution in [3.05, 3.63) is 54.1 Å². The van der Waals surface area contributed by atoms with Gasteiger partial charge in [0.05, 0.1) is 22.9 Å². The second-order valence-electron chi connectivity index (χ2n) is 5.15. The highest BCUT2D eigenvalue weighted by Crippen LogP contribution is 2.27. The van der Waals surface area contributed by atoms with Crippen molar-refractivity contribution in [2.45, 2.75) is 11.3 Å². The van der Waals surface area contributed by atoms with E-state index in [1.807, 2.05) is 30.3 Å². The zero-order valence-corrected chi connectivity index (χ0v) is 15.2. The molecule has 1 aromatic heterocycles. The Balaban J connectivity index is 1.58. The van der Waals surface area contributed by atoms with Gasteiger partial charge in [-0.1, -0.05) is 29.5 Å². The van der Waals surface area contributed by atoms with E-state index in [4.69, 9.17) is 4.74 Å². The van der Waals surface area contributed by atoms with Gasteiger partial charge in [-0.05, 0) is 30.3 Å². The second-order valence-corrected chi connectivity index (χ2v) is 7.35. The van der Waals surface area contributed by atoms with Gasteiger partial charge in [0, 0.05) is 17.1 Å². The van der Waals surface area contributed by atoms with Crippen LogP contribution in [0.4, 0.5) is 5.13 Å². The molecule has 7 heteroatoms. The number of carbonyl (C=O) groups is 2. The largest absolute Gasteiger partial charge is 0.465 e. The Morgan fingerprint density at radius 1 is 1.20 bits per heavy atom. The third-order valence-corrected chi connectivity index (χ3v) is 5.34. The lowest BCUT2D eigenvalue weighted by Gasteiger charge is -2.02. The Kier molecular flexibility index (Phi) is 5.67. The molecule has 0 saturated heterocycles. The van der Waals surface area contributed by atoms with E-state index in [-0.39, 0.29) is 11.9 Å². The molecule has 3 rings (SSSR count). The van der Waals surface area contributed by atoms with Crippen molar-refractivity contribution < 1.29 is 14.3 Å². The number of thiazole rings is 1. The Bertz CT molecular complexity index is 894. The fraction of sp³-hybridized carbons (Fsp3) is 0.167. The fourth-order valence-electron chi connectivity index (χ4n) is 2.18. The quantitative estimate of drug-likeness (QED) is 0.519. The molecule has 0 aliphatic rings. The van der Waals surface area contributed by atoms with E-state index in [2.05, 4.69) is 10.3 Å². The summed E-state index contributed by atoms with van der Waals surface area (Å²) < 4.78 is 5.54. The van der Waals surface area contributed by atoms with Crippen molar-refractivity contribution in [1.82, 2.24) is 4.98 Å². The van der Waals surface area contributed by atoms with Crippen LogP contribution in [0.1, 0.15) is 16.8 Å². The van der Waals surface area contributed by atoms with Crippen LogP contribution in [0, 0.1) is 0 Å². The number of methoxy groups -OCH3 is 1. The highest BCUT2D eigenvalue weighted by atomic mass is 32.2. The molecule has 0 aliphatic heterocycles. The van der Waals surface area contributed by atoms with E-state index < -0.39 is 0 Å². The van der Waals surface area contributed by atoms with Gasteiger partial charge in [-0.3, -0.25) is 4.79 Å². The van der Waals surface area contributed by atoms with Crippen LogP contribution in [0.5, 0.6) is 0 Å². The van der Waals surface area contributed by atoms with Gasteiger partial charge >= 0.3 is 5.97 Å². The zero-order valence-electron chi connectivity index (χ0n) is 13.5. The number of amides is 1. The molecule has 1 heterocycles. The van der Waals surface area contributed by atoms with Gasteiger partial charge in [0.1, 0.15) is 0 Å². The highest BCUT2D eigenvalue weighted by Gasteiger charge is 2.11. The summed E-state index contributed by atoms with van der Waals surface area (Å²) in [4.78, 5) is 29.2. The van der Waals surface area contributed by atoms with E-state index >= 15 is 0 Å². The summed E-state index contributed by atoms with van der Waals surface area (Å²) in [7, 11) is 1.35. The predicted molar refractivity (Wildman–Crippen MR) is 101 cm³/mol. The molecule has 3 aromatic rings. The van der Waals surface area contributed by atoms with Crippen LogP contribution < -0.4 is 5.32 Å². The molecule has 0 aliphatic carbocycles. The summed E-state index contributed by atoms with van der Waals surface area (Å²) >= 11 is 2.98. The lowest BCUT2D eigenvalue weighted by atomic mass is 10.2. The molecule has 5 nitrogen and oxygen atoms in total. The molecule has 0 fully saturated rings. The number of fused-ring (bicyclic) bond motifs is 1. The first-order valence-corrected chi connectivity index (χ1v) is 9.42. The maximum atomic E-state index is 12.1. The van der Waals surface area contributed by atoms with Crippen LogP contribution in [-0.4, -0.2) is 29.7 Å². The number of aromatic nitrogens is 1. The van der Waals surface area contributed by atoms with Crippen molar-refractivity contribution in [3.63, 3.8) is 0 Å². The molecule has 0 saturated carbocycles. The summed E-state index contributed by atoms with van der Waals surface area (Å²) in [5.74, 6) is 0.238. The summed E-state index contributed by atoms with van der Waals surface area (Å²) in [6, 6.07) is 15.1. The zero-order chi connectivity index (χ0) is 17.6. The number of ether oxygens (including phenoxy) is 1. The molecule has 0 spiro atoms. The van der Waals surface area contributed by atoms with Crippen LogP contribution in [0.2, 0.25) is 0 Å². The number of benzene rings is 2. The van der Waals surface area contributed by atoms with Gasteiger partial charge in [0.2, 0.25) is 5.91 Å².